The van der Waals surface area contributed by atoms with Crippen LogP contribution in [0.3, 0.4) is 0 Å². The summed E-state index contributed by atoms with van der Waals surface area (Å²) in [5, 5.41) is 13.9. The summed E-state index contributed by atoms with van der Waals surface area (Å²) in [6, 6.07) is -0.867. The number of hydrogen-bond acceptors (Lipinski definition) is 5. The van der Waals surface area contributed by atoms with E-state index in [4.69, 9.17) is 9.05 Å². The number of rotatable bonds is 48. The van der Waals surface area contributed by atoms with E-state index in [0.29, 0.717) is 17.4 Å². The number of carbonyl (C=O) groups is 1. The number of quaternary nitrogens is 1. The molecule has 0 rings (SSSR count). The molecule has 0 aliphatic carbocycles. The van der Waals surface area contributed by atoms with Gasteiger partial charge >= 0.3 is 7.82 Å². The van der Waals surface area contributed by atoms with Crippen LogP contribution in [0, 0.1) is 0 Å². The summed E-state index contributed by atoms with van der Waals surface area (Å²) >= 11 is 0. The summed E-state index contributed by atoms with van der Waals surface area (Å²) < 4.78 is 23.6. The quantitative estimate of drug-likeness (QED) is 0.0243. The van der Waals surface area contributed by atoms with E-state index in [1.807, 2.05) is 27.2 Å². The molecule has 0 saturated carbocycles. The molecule has 0 aromatic carbocycles. The summed E-state index contributed by atoms with van der Waals surface area (Å²) in [5.41, 5.74) is 0. The summed E-state index contributed by atoms with van der Waals surface area (Å²) in [6.45, 7) is 4.80. The van der Waals surface area contributed by atoms with Gasteiger partial charge in [0.2, 0.25) is 5.91 Å². The van der Waals surface area contributed by atoms with Crippen LogP contribution in [0.2, 0.25) is 0 Å². The first-order chi connectivity index (χ1) is 30.0. The molecule has 0 aliphatic heterocycles. The summed E-state index contributed by atoms with van der Waals surface area (Å²) in [5.74, 6) is -0.194. The van der Waals surface area contributed by atoms with E-state index in [0.717, 1.165) is 51.4 Å². The van der Waals surface area contributed by atoms with Crippen molar-refractivity contribution in [3.63, 3.8) is 0 Å². The van der Waals surface area contributed by atoms with Crippen LogP contribution in [0.15, 0.2) is 36.5 Å². The van der Waals surface area contributed by atoms with Gasteiger partial charge in [-0.3, -0.25) is 13.8 Å². The maximum Gasteiger partial charge on any atom is 0.472 e. The first-order valence-corrected chi connectivity index (χ1v) is 27.9. The van der Waals surface area contributed by atoms with Crippen LogP contribution in [0.25, 0.3) is 0 Å². The van der Waals surface area contributed by atoms with Crippen molar-refractivity contribution in [3.8, 4) is 0 Å². The minimum Gasteiger partial charge on any atom is -0.387 e. The van der Waals surface area contributed by atoms with Gasteiger partial charge in [0.05, 0.1) is 39.9 Å². The highest BCUT2D eigenvalue weighted by Crippen LogP contribution is 2.43. The largest absolute Gasteiger partial charge is 0.472 e. The Kier molecular flexibility index (Phi) is 44.0. The van der Waals surface area contributed by atoms with Gasteiger partial charge < -0.3 is 19.8 Å². The molecule has 3 atom stereocenters. The molecule has 0 aromatic rings. The molecule has 62 heavy (non-hydrogen) atoms. The molecule has 3 unspecified atom stereocenters. The van der Waals surface area contributed by atoms with E-state index in [1.54, 1.807) is 6.08 Å². The Bertz CT molecular complexity index is 1110. The van der Waals surface area contributed by atoms with Crippen molar-refractivity contribution >= 4 is 13.7 Å². The van der Waals surface area contributed by atoms with Crippen LogP contribution in [-0.2, 0) is 18.4 Å². The first-order valence-electron chi connectivity index (χ1n) is 26.4. The van der Waals surface area contributed by atoms with E-state index in [9.17, 15) is 19.4 Å². The van der Waals surface area contributed by atoms with E-state index < -0.39 is 20.0 Å². The first kappa shape index (κ1) is 60.7. The van der Waals surface area contributed by atoms with Gasteiger partial charge in [0, 0.05) is 6.42 Å². The van der Waals surface area contributed by atoms with Crippen LogP contribution in [-0.4, -0.2) is 73.4 Å². The molecule has 0 aromatic heterocycles. The van der Waals surface area contributed by atoms with Crippen molar-refractivity contribution in [1.29, 1.82) is 0 Å². The van der Waals surface area contributed by atoms with Crippen LogP contribution in [0.5, 0.6) is 0 Å². The second-order valence-corrected chi connectivity index (χ2v) is 20.7. The van der Waals surface area contributed by atoms with Crippen molar-refractivity contribution in [2.45, 2.75) is 257 Å². The highest BCUT2D eigenvalue weighted by Gasteiger charge is 2.27. The van der Waals surface area contributed by atoms with Gasteiger partial charge in [-0.2, -0.15) is 0 Å². The van der Waals surface area contributed by atoms with Crippen molar-refractivity contribution in [2.75, 3.05) is 40.9 Å². The van der Waals surface area contributed by atoms with E-state index in [1.165, 1.54) is 173 Å². The van der Waals surface area contributed by atoms with Crippen LogP contribution < -0.4 is 5.32 Å². The van der Waals surface area contributed by atoms with Crippen LogP contribution in [0.1, 0.15) is 245 Å². The average Bonchev–Trinajstić information content (AvgIpc) is 3.23. The summed E-state index contributed by atoms with van der Waals surface area (Å²) in [7, 11) is 1.55. The van der Waals surface area contributed by atoms with Gasteiger partial charge in [-0.15, -0.1) is 0 Å². The predicted octanol–water partition coefficient (Wildman–Crippen LogP) is 15.4. The molecule has 0 radical (unpaired) electrons. The number of phosphoric ester groups is 1. The number of amides is 1. The maximum absolute atomic E-state index is 12.9. The lowest BCUT2D eigenvalue weighted by atomic mass is 10.0. The number of aliphatic hydroxyl groups excluding tert-OH is 1. The van der Waals surface area contributed by atoms with Gasteiger partial charge in [-0.1, -0.05) is 217 Å². The lowest BCUT2D eigenvalue weighted by Crippen LogP contribution is -2.45. The number of phosphoric acid groups is 1. The Labute approximate surface area is 385 Å². The number of hydrogen-bond donors (Lipinski definition) is 3. The van der Waals surface area contributed by atoms with Crippen molar-refractivity contribution in [2.24, 2.45) is 0 Å². The van der Waals surface area contributed by atoms with Crippen molar-refractivity contribution in [3.05, 3.63) is 36.5 Å². The number of aliphatic hydroxyl groups is 1. The minimum absolute atomic E-state index is 0.0549. The lowest BCUT2D eigenvalue weighted by molar-refractivity contribution is -0.870. The fourth-order valence-electron chi connectivity index (χ4n) is 7.64. The van der Waals surface area contributed by atoms with E-state index >= 15 is 0 Å². The molecule has 0 aliphatic rings. The SMILES string of the molecule is CCCCCCCCC/C=C\CCCCCCCC(=O)NC(COP(=O)(O)OCC[N+](C)(C)C)C(O)/C=C/CC/C=C/CCCCCCCCCCCCCCCCCCCC. The summed E-state index contributed by atoms with van der Waals surface area (Å²) in [6.07, 6.45) is 56.7. The Morgan fingerprint density at radius 3 is 1.29 bits per heavy atom. The third kappa shape index (κ3) is 46.7. The molecule has 366 valence electrons. The Morgan fingerprint density at radius 1 is 0.532 bits per heavy atom. The number of likely N-dealkylation sites (N-methyl/N-ethyl adjacent to an activating group) is 1. The fraction of sp³-hybridized carbons (Fsp3) is 0.868. The van der Waals surface area contributed by atoms with Gasteiger partial charge in [0.25, 0.3) is 0 Å². The lowest BCUT2D eigenvalue weighted by Gasteiger charge is -2.25. The van der Waals surface area contributed by atoms with Crippen LogP contribution in [0.4, 0.5) is 0 Å². The third-order valence-electron chi connectivity index (χ3n) is 11.8. The zero-order valence-corrected chi connectivity index (χ0v) is 42.5. The minimum atomic E-state index is -4.35. The zero-order chi connectivity index (χ0) is 45.7. The monoisotopic (exact) mass is 896 g/mol. The molecule has 0 heterocycles. The predicted molar refractivity (Wildman–Crippen MR) is 268 cm³/mol. The Balaban J connectivity index is 4.32. The van der Waals surface area contributed by atoms with Gasteiger partial charge in [0.1, 0.15) is 13.2 Å². The fourth-order valence-corrected chi connectivity index (χ4v) is 8.38. The number of nitrogens with zero attached hydrogens (tertiary/aromatic N) is 1. The number of carbonyl (C=O) groups excluding carboxylic acids is 1. The maximum atomic E-state index is 12.9. The van der Waals surface area contributed by atoms with Crippen molar-refractivity contribution < 1.29 is 32.9 Å². The van der Waals surface area contributed by atoms with E-state index in [-0.39, 0.29) is 19.1 Å². The molecule has 0 saturated heterocycles. The molecule has 1 amide bonds. The number of unbranched alkanes of at least 4 members (excludes halogenated alkanes) is 31. The van der Waals surface area contributed by atoms with Gasteiger partial charge in [0.15, 0.2) is 0 Å². The zero-order valence-electron chi connectivity index (χ0n) is 41.6. The number of allylic oxidation sites excluding steroid dienone is 5. The Morgan fingerprint density at radius 2 is 0.887 bits per heavy atom. The summed E-state index contributed by atoms with van der Waals surface area (Å²) in [4.78, 5) is 23.2. The average molecular weight is 896 g/mol. The highest BCUT2D eigenvalue weighted by atomic mass is 31.2. The third-order valence-corrected chi connectivity index (χ3v) is 12.8. The standard InChI is InChI=1S/C53H103N2O6P/c1-6-8-10-12-14-16-18-20-22-24-25-26-27-28-29-30-31-32-34-36-38-40-42-44-46-52(56)51(50-61-62(58,59)60-49-48-55(3,4)5)54-53(57)47-45-43-41-39-37-35-33-23-21-19-17-15-13-11-9-7-2/h23,33,36,38,44,46,51-52,56H,6-22,24-32,34-35,37,39-43,45,47-50H2,1-5H3,(H-,54,57,58,59)/p+1/b33-23-,38-36+,46-44+. The molecule has 9 heteroatoms. The van der Waals surface area contributed by atoms with E-state index in [2.05, 4.69) is 43.5 Å². The smallest absolute Gasteiger partial charge is 0.387 e. The Hall–Kier alpha value is -1.28. The molecule has 3 N–H and O–H groups in total. The molecular formula is C53H104N2O6P+. The van der Waals surface area contributed by atoms with Crippen LogP contribution >= 0.6 is 7.82 Å². The molecular weight excluding hydrogens is 792 g/mol. The second kappa shape index (κ2) is 44.9. The molecule has 0 fully saturated rings. The molecule has 0 spiro atoms. The topological polar surface area (TPSA) is 105 Å². The normalized spacial score (nSPS) is 14.4. The van der Waals surface area contributed by atoms with Gasteiger partial charge in [-0.05, 0) is 57.8 Å². The van der Waals surface area contributed by atoms with Crippen molar-refractivity contribution in [1.82, 2.24) is 5.32 Å². The molecule has 8 nitrogen and oxygen atoms in total. The van der Waals surface area contributed by atoms with Gasteiger partial charge in [-0.25, -0.2) is 4.57 Å². The molecule has 0 bridgehead atoms. The number of nitrogens with one attached hydrogen (secondary N) is 1. The highest BCUT2D eigenvalue weighted by molar-refractivity contribution is 7.47. The second-order valence-electron chi connectivity index (χ2n) is 19.2.